The Labute approximate surface area is 143 Å². The molecule has 0 saturated carbocycles. The summed E-state index contributed by atoms with van der Waals surface area (Å²) in [4.78, 5) is 27.8. The highest BCUT2D eigenvalue weighted by atomic mass is 19.1. The second-order valence-electron chi connectivity index (χ2n) is 5.79. The van der Waals surface area contributed by atoms with Gasteiger partial charge in [-0.15, -0.1) is 0 Å². The number of benzene rings is 2. The number of hydrogen-bond donors (Lipinski definition) is 3. The van der Waals surface area contributed by atoms with Gasteiger partial charge in [-0.3, -0.25) is 9.59 Å². The van der Waals surface area contributed by atoms with Crippen LogP contribution < -0.4 is 10.7 Å². The molecule has 0 fully saturated rings. The van der Waals surface area contributed by atoms with E-state index in [0.717, 1.165) is 11.6 Å². The molecule has 1 heterocycles. The molecule has 0 unspecified atom stereocenters. The number of carbonyl (C=O) groups is 1. The Hall–Kier alpha value is -2.99. The molecule has 5 nitrogen and oxygen atoms in total. The third kappa shape index (κ3) is 3.29. The van der Waals surface area contributed by atoms with E-state index in [1.165, 1.54) is 12.3 Å². The first kappa shape index (κ1) is 16.9. The number of aryl methyl sites for hydroxylation is 1. The summed E-state index contributed by atoms with van der Waals surface area (Å²) in [6.07, 6.45) is 1.34. The Morgan fingerprint density at radius 1 is 1.24 bits per heavy atom. The summed E-state index contributed by atoms with van der Waals surface area (Å²) < 4.78 is 13.6. The fourth-order valence-electron chi connectivity index (χ4n) is 2.79. The van der Waals surface area contributed by atoms with E-state index in [2.05, 4.69) is 10.3 Å². The molecule has 0 aliphatic carbocycles. The Kier molecular flexibility index (Phi) is 4.63. The summed E-state index contributed by atoms with van der Waals surface area (Å²) in [6, 6.07) is 9.59. The van der Waals surface area contributed by atoms with Crippen molar-refractivity contribution in [1.82, 2.24) is 10.3 Å². The number of H-pyrrole nitrogens is 1. The highest BCUT2D eigenvalue weighted by molar-refractivity contribution is 5.97. The van der Waals surface area contributed by atoms with Crippen LogP contribution in [0, 0.1) is 12.7 Å². The molecule has 1 amide bonds. The minimum Gasteiger partial charge on any atom is -0.392 e. The van der Waals surface area contributed by atoms with Gasteiger partial charge in [-0.25, -0.2) is 4.39 Å². The molecule has 0 aliphatic rings. The van der Waals surface area contributed by atoms with E-state index in [0.29, 0.717) is 16.6 Å². The van der Waals surface area contributed by atoms with Gasteiger partial charge in [0.05, 0.1) is 12.1 Å². The molecule has 0 radical (unpaired) electrons. The van der Waals surface area contributed by atoms with E-state index in [1.807, 2.05) is 0 Å². The van der Waals surface area contributed by atoms with Crippen molar-refractivity contribution >= 4 is 16.8 Å². The number of nitrogens with one attached hydrogen (secondary N) is 2. The van der Waals surface area contributed by atoms with Gasteiger partial charge >= 0.3 is 0 Å². The van der Waals surface area contributed by atoms with Crippen LogP contribution >= 0.6 is 0 Å². The van der Waals surface area contributed by atoms with E-state index >= 15 is 0 Å². The molecule has 0 spiro atoms. The van der Waals surface area contributed by atoms with Crippen molar-refractivity contribution in [3.63, 3.8) is 0 Å². The molecule has 0 aliphatic heterocycles. The number of aliphatic hydroxyl groups is 1. The first-order valence-corrected chi connectivity index (χ1v) is 7.78. The number of aliphatic hydroxyl groups excluding tert-OH is 1. The predicted molar refractivity (Wildman–Crippen MR) is 92.8 cm³/mol. The maximum atomic E-state index is 13.6. The van der Waals surface area contributed by atoms with E-state index < -0.39 is 17.2 Å². The SMILES string of the molecule is Cc1cc(F)cc2c(=O)c(C(=O)NCc3ccccc3CO)c[nH]c12. The smallest absolute Gasteiger partial charge is 0.257 e. The number of pyridine rings is 1. The van der Waals surface area contributed by atoms with Crippen LogP contribution in [-0.2, 0) is 13.2 Å². The third-order valence-corrected chi connectivity index (χ3v) is 4.12. The molecule has 3 aromatic rings. The minimum atomic E-state index is -0.558. The molecule has 2 aromatic carbocycles. The van der Waals surface area contributed by atoms with Crippen molar-refractivity contribution < 1.29 is 14.3 Å². The van der Waals surface area contributed by atoms with Crippen LogP contribution in [0.3, 0.4) is 0 Å². The molecule has 3 rings (SSSR count). The maximum Gasteiger partial charge on any atom is 0.257 e. The fraction of sp³-hybridized carbons (Fsp3) is 0.158. The maximum absolute atomic E-state index is 13.6. The van der Waals surface area contributed by atoms with E-state index in [4.69, 9.17) is 0 Å². The van der Waals surface area contributed by atoms with Crippen LogP contribution in [0.25, 0.3) is 10.9 Å². The third-order valence-electron chi connectivity index (χ3n) is 4.12. The summed E-state index contributed by atoms with van der Waals surface area (Å²) in [6.45, 7) is 1.73. The summed E-state index contributed by atoms with van der Waals surface area (Å²) in [5, 5.41) is 12.1. The number of rotatable bonds is 4. The number of hydrogen-bond acceptors (Lipinski definition) is 3. The monoisotopic (exact) mass is 340 g/mol. The normalized spacial score (nSPS) is 10.8. The van der Waals surface area contributed by atoms with Gasteiger partial charge in [-0.2, -0.15) is 0 Å². The standard InChI is InChI=1S/C19H17FN2O3/c1-11-6-14(20)7-15-17(11)21-9-16(18(15)24)19(25)22-8-12-4-2-3-5-13(12)10-23/h2-7,9,23H,8,10H2,1H3,(H,21,24)(H,22,25). The average molecular weight is 340 g/mol. The average Bonchev–Trinajstić information content (AvgIpc) is 2.60. The van der Waals surface area contributed by atoms with Crippen LogP contribution in [0.1, 0.15) is 27.0 Å². The Morgan fingerprint density at radius 3 is 2.68 bits per heavy atom. The van der Waals surface area contributed by atoms with Gasteiger partial charge in [0.15, 0.2) is 0 Å². The lowest BCUT2D eigenvalue weighted by atomic mass is 10.1. The summed E-state index contributed by atoms with van der Waals surface area (Å²) in [5.41, 5.74) is 1.96. The zero-order valence-corrected chi connectivity index (χ0v) is 13.6. The summed E-state index contributed by atoms with van der Waals surface area (Å²) in [5.74, 6) is -1.08. The molecule has 0 bridgehead atoms. The molecule has 1 aromatic heterocycles. The van der Waals surface area contributed by atoms with Gasteiger partial charge in [-0.05, 0) is 35.7 Å². The lowest BCUT2D eigenvalue weighted by molar-refractivity contribution is 0.0949. The number of halogens is 1. The van der Waals surface area contributed by atoms with E-state index in [-0.39, 0.29) is 24.1 Å². The highest BCUT2D eigenvalue weighted by Crippen LogP contribution is 2.15. The minimum absolute atomic E-state index is 0.0843. The summed E-state index contributed by atoms with van der Waals surface area (Å²) >= 11 is 0. The number of amides is 1. The molecule has 0 saturated heterocycles. The van der Waals surface area contributed by atoms with Crippen LogP contribution in [0.2, 0.25) is 0 Å². The molecule has 3 N–H and O–H groups in total. The van der Waals surface area contributed by atoms with Crippen molar-refractivity contribution in [1.29, 1.82) is 0 Å². The summed E-state index contributed by atoms with van der Waals surface area (Å²) in [7, 11) is 0. The fourth-order valence-corrected chi connectivity index (χ4v) is 2.79. The number of aromatic amines is 1. The van der Waals surface area contributed by atoms with Crippen molar-refractivity contribution in [2.75, 3.05) is 0 Å². The molecular weight excluding hydrogens is 323 g/mol. The second-order valence-corrected chi connectivity index (χ2v) is 5.79. The van der Waals surface area contributed by atoms with Crippen molar-refractivity contribution in [2.45, 2.75) is 20.1 Å². The molecule has 6 heteroatoms. The van der Waals surface area contributed by atoms with E-state index in [9.17, 15) is 19.1 Å². The van der Waals surface area contributed by atoms with Crippen LogP contribution in [0.15, 0.2) is 47.4 Å². The quantitative estimate of drug-likeness (QED) is 0.682. The topological polar surface area (TPSA) is 82.2 Å². The number of carbonyl (C=O) groups excluding carboxylic acids is 1. The molecule has 128 valence electrons. The number of aromatic nitrogens is 1. The molecule has 25 heavy (non-hydrogen) atoms. The van der Waals surface area contributed by atoms with Gasteiger partial charge in [-0.1, -0.05) is 24.3 Å². The lowest BCUT2D eigenvalue weighted by Crippen LogP contribution is -2.29. The highest BCUT2D eigenvalue weighted by Gasteiger charge is 2.15. The number of fused-ring (bicyclic) bond motifs is 1. The van der Waals surface area contributed by atoms with Gasteiger partial charge in [0.1, 0.15) is 11.4 Å². The Morgan fingerprint density at radius 2 is 1.96 bits per heavy atom. The van der Waals surface area contributed by atoms with Gasteiger partial charge in [0, 0.05) is 18.1 Å². The van der Waals surface area contributed by atoms with E-state index in [1.54, 1.807) is 31.2 Å². The van der Waals surface area contributed by atoms with Crippen LogP contribution in [-0.4, -0.2) is 16.0 Å². The van der Waals surface area contributed by atoms with Crippen molar-refractivity contribution in [3.8, 4) is 0 Å². The van der Waals surface area contributed by atoms with Gasteiger partial charge < -0.3 is 15.4 Å². The van der Waals surface area contributed by atoms with Crippen molar-refractivity contribution in [2.24, 2.45) is 0 Å². The zero-order valence-electron chi connectivity index (χ0n) is 13.6. The van der Waals surface area contributed by atoms with Crippen LogP contribution in [0.4, 0.5) is 4.39 Å². The predicted octanol–water partition coefficient (Wildman–Crippen LogP) is 2.40. The Balaban J connectivity index is 1.90. The zero-order chi connectivity index (χ0) is 18.0. The molecule has 0 atom stereocenters. The second kappa shape index (κ2) is 6.86. The largest absolute Gasteiger partial charge is 0.392 e. The Bertz CT molecular complexity index is 1010. The van der Waals surface area contributed by atoms with Gasteiger partial charge in [0.25, 0.3) is 5.91 Å². The van der Waals surface area contributed by atoms with Crippen molar-refractivity contribution in [3.05, 3.63) is 80.9 Å². The first-order chi connectivity index (χ1) is 12.0. The van der Waals surface area contributed by atoms with Gasteiger partial charge in [0.2, 0.25) is 5.43 Å². The van der Waals surface area contributed by atoms with Crippen LogP contribution in [0.5, 0.6) is 0 Å². The molecular formula is C19H17FN2O3. The lowest BCUT2D eigenvalue weighted by Gasteiger charge is -2.10. The first-order valence-electron chi connectivity index (χ1n) is 7.78.